The van der Waals surface area contributed by atoms with E-state index in [-0.39, 0.29) is 6.04 Å². The molecule has 0 saturated heterocycles. The Morgan fingerprint density at radius 3 is 2.62 bits per heavy atom. The SMILES string of the molecule is CC[C@H](N)CCOc1ccccc1. The van der Waals surface area contributed by atoms with Crippen LogP contribution in [0.1, 0.15) is 19.8 Å². The van der Waals surface area contributed by atoms with E-state index in [2.05, 4.69) is 6.92 Å². The quantitative estimate of drug-likeness (QED) is 0.752. The van der Waals surface area contributed by atoms with Crippen molar-refractivity contribution in [1.82, 2.24) is 0 Å². The number of benzene rings is 1. The third kappa shape index (κ3) is 3.95. The molecule has 0 saturated carbocycles. The van der Waals surface area contributed by atoms with E-state index < -0.39 is 0 Å². The molecule has 1 atom stereocenters. The number of ether oxygens (including phenoxy) is 1. The summed E-state index contributed by atoms with van der Waals surface area (Å²) in [6, 6.07) is 10.1. The predicted octanol–water partition coefficient (Wildman–Crippen LogP) is 2.19. The molecule has 72 valence electrons. The van der Waals surface area contributed by atoms with Gasteiger partial charge in [0.15, 0.2) is 0 Å². The fraction of sp³-hybridized carbons (Fsp3) is 0.455. The number of para-hydroxylation sites is 1. The molecule has 13 heavy (non-hydrogen) atoms. The number of hydrogen-bond donors (Lipinski definition) is 1. The highest BCUT2D eigenvalue weighted by Gasteiger charge is 1.98. The Balaban J connectivity index is 2.20. The van der Waals surface area contributed by atoms with E-state index in [0.717, 1.165) is 18.6 Å². The van der Waals surface area contributed by atoms with Gasteiger partial charge in [-0.3, -0.25) is 0 Å². The summed E-state index contributed by atoms with van der Waals surface area (Å²) in [4.78, 5) is 0. The van der Waals surface area contributed by atoms with Gasteiger partial charge in [-0.15, -0.1) is 0 Å². The molecule has 0 radical (unpaired) electrons. The van der Waals surface area contributed by atoms with Crippen molar-refractivity contribution in [3.05, 3.63) is 30.3 Å². The maximum atomic E-state index is 5.76. The van der Waals surface area contributed by atoms with E-state index in [9.17, 15) is 0 Å². The third-order valence-electron chi connectivity index (χ3n) is 2.02. The molecule has 0 aliphatic rings. The second-order valence-corrected chi connectivity index (χ2v) is 3.12. The first-order valence-electron chi connectivity index (χ1n) is 4.76. The summed E-state index contributed by atoms with van der Waals surface area (Å²) in [5, 5.41) is 0. The number of hydrogen-bond acceptors (Lipinski definition) is 2. The van der Waals surface area contributed by atoms with Crippen molar-refractivity contribution in [2.24, 2.45) is 5.73 Å². The first kappa shape index (κ1) is 10.1. The summed E-state index contributed by atoms with van der Waals surface area (Å²) in [5.74, 6) is 0.922. The Kier molecular flexibility index (Phi) is 4.33. The van der Waals surface area contributed by atoms with Crippen LogP contribution in [0.5, 0.6) is 5.75 Å². The van der Waals surface area contributed by atoms with Crippen LogP contribution in [0.4, 0.5) is 0 Å². The molecule has 0 amide bonds. The van der Waals surface area contributed by atoms with Crippen molar-refractivity contribution in [2.75, 3.05) is 6.61 Å². The molecule has 0 aliphatic heterocycles. The highest BCUT2D eigenvalue weighted by atomic mass is 16.5. The molecule has 0 fully saturated rings. The minimum Gasteiger partial charge on any atom is -0.494 e. The smallest absolute Gasteiger partial charge is 0.119 e. The van der Waals surface area contributed by atoms with Crippen LogP contribution in [-0.2, 0) is 0 Å². The molecule has 2 nitrogen and oxygen atoms in total. The zero-order valence-electron chi connectivity index (χ0n) is 8.07. The topological polar surface area (TPSA) is 35.2 Å². The molecular weight excluding hydrogens is 162 g/mol. The van der Waals surface area contributed by atoms with Crippen molar-refractivity contribution in [3.8, 4) is 5.75 Å². The van der Waals surface area contributed by atoms with Gasteiger partial charge in [0.25, 0.3) is 0 Å². The van der Waals surface area contributed by atoms with Crippen LogP contribution >= 0.6 is 0 Å². The first-order valence-corrected chi connectivity index (χ1v) is 4.76. The second-order valence-electron chi connectivity index (χ2n) is 3.12. The molecule has 2 N–H and O–H groups in total. The van der Waals surface area contributed by atoms with E-state index in [1.165, 1.54) is 0 Å². The van der Waals surface area contributed by atoms with Crippen LogP contribution in [0.15, 0.2) is 30.3 Å². The molecule has 1 aromatic carbocycles. The van der Waals surface area contributed by atoms with E-state index in [0.29, 0.717) is 6.61 Å². The molecule has 0 aliphatic carbocycles. The van der Waals surface area contributed by atoms with Crippen LogP contribution in [0.25, 0.3) is 0 Å². The van der Waals surface area contributed by atoms with Gasteiger partial charge in [-0.05, 0) is 25.0 Å². The molecule has 0 unspecified atom stereocenters. The Bertz CT molecular complexity index is 223. The minimum absolute atomic E-state index is 0.267. The predicted molar refractivity (Wildman–Crippen MR) is 54.8 cm³/mol. The summed E-state index contributed by atoms with van der Waals surface area (Å²) in [6.07, 6.45) is 1.93. The van der Waals surface area contributed by atoms with Crippen LogP contribution in [0.3, 0.4) is 0 Å². The first-order chi connectivity index (χ1) is 6.33. The lowest BCUT2D eigenvalue weighted by atomic mass is 10.2. The lowest BCUT2D eigenvalue weighted by Gasteiger charge is -2.09. The fourth-order valence-corrected chi connectivity index (χ4v) is 1.05. The molecule has 0 heterocycles. The van der Waals surface area contributed by atoms with Crippen LogP contribution in [-0.4, -0.2) is 12.6 Å². The van der Waals surface area contributed by atoms with E-state index in [4.69, 9.17) is 10.5 Å². The van der Waals surface area contributed by atoms with Gasteiger partial charge in [0.05, 0.1) is 6.61 Å². The van der Waals surface area contributed by atoms with Crippen molar-refractivity contribution in [3.63, 3.8) is 0 Å². The van der Waals surface area contributed by atoms with Crippen molar-refractivity contribution < 1.29 is 4.74 Å². The Morgan fingerprint density at radius 1 is 1.31 bits per heavy atom. The zero-order chi connectivity index (χ0) is 9.52. The monoisotopic (exact) mass is 179 g/mol. The summed E-state index contributed by atoms with van der Waals surface area (Å²) < 4.78 is 5.50. The van der Waals surface area contributed by atoms with Crippen LogP contribution < -0.4 is 10.5 Å². The van der Waals surface area contributed by atoms with Gasteiger partial charge >= 0.3 is 0 Å². The molecule has 0 aromatic heterocycles. The lowest BCUT2D eigenvalue weighted by molar-refractivity contribution is 0.296. The maximum Gasteiger partial charge on any atom is 0.119 e. The van der Waals surface area contributed by atoms with Gasteiger partial charge in [-0.2, -0.15) is 0 Å². The Labute approximate surface area is 79.7 Å². The largest absolute Gasteiger partial charge is 0.494 e. The third-order valence-corrected chi connectivity index (χ3v) is 2.02. The molecule has 0 spiro atoms. The highest BCUT2D eigenvalue weighted by molar-refractivity contribution is 5.20. The summed E-state index contributed by atoms with van der Waals surface area (Å²) in [6.45, 7) is 2.80. The molecule has 0 bridgehead atoms. The van der Waals surface area contributed by atoms with E-state index >= 15 is 0 Å². The van der Waals surface area contributed by atoms with Gasteiger partial charge in [0.1, 0.15) is 5.75 Å². The molecule has 2 heteroatoms. The van der Waals surface area contributed by atoms with Crippen LogP contribution in [0, 0.1) is 0 Å². The number of nitrogens with two attached hydrogens (primary N) is 1. The van der Waals surface area contributed by atoms with Gasteiger partial charge in [0, 0.05) is 6.04 Å². The van der Waals surface area contributed by atoms with Crippen molar-refractivity contribution >= 4 is 0 Å². The molecule has 1 rings (SSSR count). The maximum absolute atomic E-state index is 5.76. The van der Waals surface area contributed by atoms with Crippen LogP contribution in [0.2, 0.25) is 0 Å². The second kappa shape index (κ2) is 5.60. The summed E-state index contributed by atoms with van der Waals surface area (Å²) in [5.41, 5.74) is 5.76. The highest BCUT2D eigenvalue weighted by Crippen LogP contribution is 2.08. The van der Waals surface area contributed by atoms with Gasteiger partial charge in [-0.1, -0.05) is 25.1 Å². The van der Waals surface area contributed by atoms with Gasteiger partial charge < -0.3 is 10.5 Å². The van der Waals surface area contributed by atoms with Crippen molar-refractivity contribution in [2.45, 2.75) is 25.8 Å². The van der Waals surface area contributed by atoms with E-state index in [1.807, 2.05) is 30.3 Å². The normalized spacial score (nSPS) is 12.5. The standard InChI is InChI=1S/C11H17NO/c1-2-10(12)8-9-13-11-6-4-3-5-7-11/h3-7,10H,2,8-9,12H2,1H3/t10-/m0/s1. The average Bonchev–Trinajstić information content (AvgIpc) is 2.19. The van der Waals surface area contributed by atoms with Crippen molar-refractivity contribution in [1.29, 1.82) is 0 Å². The summed E-state index contributed by atoms with van der Waals surface area (Å²) in [7, 11) is 0. The van der Waals surface area contributed by atoms with Gasteiger partial charge in [-0.25, -0.2) is 0 Å². The summed E-state index contributed by atoms with van der Waals surface area (Å²) >= 11 is 0. The number of rotatable bonds is 5. The van der Waals surface area contributed by atoms with E-state index in [1.54, 1.807) is 0 Å². The Hall–Kier alpha value is -1.02. The minimum atomic E-state index is 0.267. The zero-order valence-corrected chi connectivity index (χ0v) is 8.07. The molecular formula is C11H17NO. The molecule has 1 aromatic rings. The fourth-order valence-electron chi connectivity index (χ4n) is 1.05. The lowest BCUT2D eigenvalue weighted by Crippen LogP contribution is -2.21. The van der Waals surface area contributed by atoms with Gasteiger partial charge in [0.2, 0.25) is 0 Å². The average molecular weight is 179 g/mol. The Morgan fingerprint density at radius 2 is 2.00 bits per heavy atom.